The molecule has 0 saturated carbocycles. The summed E-state index contributed by atoms with van der Waals surface area (Å²) in [6, 6.07) is 8.12. The Morgan fingerprint density at radius 3 is 2.44 bits per heavy atom. The van der Waals surface area contributed by atoms with Crippen LogP contribution in [0.4, 0.5) is 5.69 Å². The summed E-state index contributed by atoms with van der Waals surface area (Å²) >= 11 is 1.72. The molecule has 100 valence electrons. The van der Waals surface area contributed by atoms with Crippen LogP contribution in [-0.2, 0) is 4.79 Å². The van der Waals surface area contributed by atoms with Gasteiger partial charge in [-0.25, -0.2) is 0 Å². The van der Waals surface area contributed by atoms with Gasteiger partial charge in [-0.3, -0.25) is 10.1 Å². The number of hydrogen-bond donors (Lipinski definition) is 2. The number of anilines is 1. The zero-order chi connectivity index (χ0) is 12.4. The number of nitrogens with two attached hydrogens (primary N) is 1. The van der Waals surface area contributed by atoms with Gasteiger partial charge in [0.05, 0.1) is 11.4 Å². The van der Waals surface area contributed by atoms with E-state index in [2.05, 4.69) is 34.5 Å². The number of amides is 1. The van der Waals surface area contributed by atoms with Crippen LogP contribution in [0.15, 0.2) is 24.3 Å². The number of rotatable bonds is 3. The van der Waals surface area contributed by atoms with Crippen LogP contribution in [-0.4, -0.2) is 31.8 Å². The maximum absolute atomic E-state index is 11.1. The van der Waals surface area contributed by atoms with E-state index in [1.807, 2.05) is 14.1 Å². The van der Waals surface area contributed by atoms with E-state index in [4.69, 9.17) is 5.73 Å². The van der Waals surface area contributed by atoms with Gasteiger partial charge in [0.25, 0.3) is 0 Å². The molecule has 0 bridgehead atoms. The van der Waals surface area contributed by atoms with E-state index in [1.54, 1.807) is 11.8 Å². The van der Waals surface area contributed by atoms with E-state index in [-0.39, 0.29) is 29.7 Å². The topological polar surface area (TPSA) is 58.4 Å². The minimum absolute atomic E-state index is 0. The van der Waals surface area contributed by atoms with Gasteiger partial charge in [0, 0.05) is 25.5 Å². The summed E-state index contributed by atoms with van der Waals surface area (Å²) in [6.45, 7) is 0. The highest BCUT2D eigenvalue weighted by Crippen LogP contribution is 2.33. The van der Waals surface area contributed by atoms with Crippen LogP contribution in [0.5, 0.6) is 0 Å². The molecule has 18 heavy (non-hydrogen) atoms. The molecular weight excluding hydrogens is 270 g/mol. The average molecular weight is 288 g/mol. The minimum atomic E-state index is -0.273. The molecule has 1 aliphatic heterocycles. The number of carbonyl (C=O) groups excluding carboxylic acids is 1. The van der Waals surface area contributed by atoms with E-state index in [0.29, 0.717) is 0 Å². The average Bonchev–Trinajstić information content (AvgIpc) is 2.78. The predicted octanol–water partition coefficient (Wildman–Crippen LogP) is 1.36. The fourth-order valence-electron chi connectivity index (χ4n) is 1.78. The SMILES string of the molecule is CN(C)c1ccc(C2NC(C(N)=O)CS2)cc1.Cl. The highest BCUT2D eigenvalue weighted by molar-refractivity contribution is 7.99. The van der Waals surface area contributed by atoms with E-state index in [0.717, 1.165) is 5.75 Å². The number of nitrogens with zero attached hydrogens (tertiary/aromatic N) is 1. The van der Waals surface area contributed by atoms with Gasteiger partial charge in [-0.15, -0.1) is 24.2 Å². The van der Waals surface area contributed by atoms with Crippen molar-refractivity contribution < 1.29 is 4.79 Å². The number of hydrogen-bond acceptors (Lipinski definition) is 4. The van der Waals surface area contributed by atoms with Crippen LogP contribution >= 0.6 is 24.2 Å². The Bertz CT molecular complexity index is 410. The predicted molar refractivity (Wildman–Crippen MR) is 79.3 cm³/mol. The third kappa shape index (κ3) is 3.31. The molecule has 1 saturated heterocycles. The van der Waals surface area contributed by atoms with Crippen LogP contribution in [0, 0.1) is 0 Å². The molecule has 2 atom stereocenters. The Kier molecular flexibility index (Phi) is 5.31. The largest absolute Gasteiger partial charge is 0.378 e. The Morgan fingerprint density at radius 1 is 1.39 bits per heavy atom. The van der Waals surface area contributed by atoms with Gasteiger partial charge in [-0.05, 0) is 17.7 Å². The standard InChI is InChI=1S/C12H17N3OS.ClH/c1-15(2)9-5-3-8(4-6-9)12-14-10(7-17-12)11(13)16;/h3-6,10,12,14H,7H2,1-2H3,(H2,13,16);1H. The molecule has 4 nitrogen and oxygen atoms in total. The molecule has 0 aliphatic carbocycles. The van der Waals surface area contributed by atoms with E-state index in [1.165, 1.54) is 11.3 Å². The first-order valence-electron chi connectivity index (χ1n) is 5.52. The zero-order valence-corrected chi connectivity index (χ0v) is 12.1. The molecule has 2 unspecified atom stereocenters. The third-order valence-electron chi connectivity index (χ3n) is 2.84. The van der Waals surface area contributed by atoms with Crippen LogP contribution in [0.1, 0.15) is 10.9 Å². The van der Waals surface area contributed by atoms with Crippen molar-refractivity contribution in [1.29, 1.82) is 0 Å². The van der Waals surface area contributed by atoms with Crippen molar-refractivity contribution in [3.05, 3.63) is 29.8 Å². The number of halogens is 1. The molecule has 1 aromatic rings. The molecule has 0 spiro atoms. The number of carbonyl (C=O) groups is 1. The molecule has 6 heteroatoms. The first-order chi connectivity index (χ1) is 8.08. The quantitative estimate of drug-likeness (QED) is 0.881. The van der Waals surface area contributed by atoms with E-state index < -0.39 is 0 Å². The number of thioether (sulfide) groups is 1. The fraction of sp³-hybridized carbons (Fsp3) is 0.417. The Balaban J connectivity index is 0.00000162. The first kappa shape index (κ1) is 15.1. The molecule has 1 amide bonds. The summed E-state index contributed by atoms with van der Waals surface area (Å²) in [6.07, 6.45) is 0. The Labute approximate surface area is 118 Å². The smallest absolute Gasteiger partial charge is 0.235 e. The maximum Gasteiger partial charge on any atom is 0.235 e. The molecule has 1 heterocycles. The van der Waals surface area contributed by atoms with Crippen molar-refractivity contribution in [2.24, 2.45) is 5.73 Å². The van der Waals surface area contributed by atoms with E-state index >= 15 is 0 Å². The summed E-state index contributed by atoms with van der Waals surface area (Å²) in [5, 5.41) is 3.40. The zero-order valence-electron chi connectivity index (χ0n) is 10.4. The lowest BCUT2D eigenvalue weighted by molar-refractivity contribution is -0.119. The highest BCUT2D eigenvalue weighted by atomic mass is 35.5. The second kappa shape index (κ2) is 6.31. The summed E-state index contributed by atoms with van der Waals surface area (Å²) in [4.78, 5) is 13.1. The molecule has 3 N–H and O–H groups in total. The van der Waals surface area contributed by atoms with Gasteiger partial charge in [0.15, 0.2) is 0 Å². The van der Waals surface area contributed by atoms with Crippen molar-refractivity contribution >= 4 is 35.8 Å². The second-order valence-electron chi connectivity index (χ2n) is 4.32. The molecule has 2 rings (SSSR count). The monoisotopic (exact) mass is 287 g/mol. The van der Waals surface area contributed by atoms with Gasteiger partial charge in [-0.2, -0.15) is 0 Å². The molecule has 0 radical (unpaired) electrons. The Morgan fingerprint density at radius 2 is 2.00 bits per heavy atom. The lowest BCUT2D eigenvalue weighted by Gasteiger charge is -2.15. The summed E-state index contributed by atoms with van der Waals surface area (Å²) in [5.41, 5.74) is 7.63. The molecular formula is C12H18ClN3OS. The molecule has 0 aromatic heterocycles. The van der Waals surface area contributed by atoms with Crippen LogP contribution in [0.2, 0.25) is 0 Å². The molecule has 1 aliphatic rings. The second-order valence-corrected chi connectivity index (χ2v) is 5.46. The summed E-state index contributed by atoms with van der Waals surface area (Å²) < 4.78 is 0. The van der Waals surface area contributed by atoms with Gasteiger partial charge in [0.2, 0.25) is 5.91 Å². The van der Waals surface area contributed by atoms with Gasteiger partial charge >= 0.3 is 0 Å². The van der Waals surface area contributed by atoms with Gasteiger partial charge < -0.3 is 10.6 Å². The Hall–Kier alpha value is -0.910. The minimum Gasteiger partial charge on any atom is -0.378 e. The van der Waals surface area contributed by atoms with Crippen LogP contribution in [0.3, 0.4) is 0 Å². The summed E-state index contributed by atoms with van der Waals surface area (Å²) in [7, 11) is 4.03. The van der Waals surface area contributed by atoms with Crippen LogP contribution in [0.25, 0.3) is 0 Å². The van der Waals surface area contributed by atoms with Gasteiger partial charge in [-0.1, -0.05) is 12.1 Å². The number of primary amides is 1. The third-order valence-corrected chi connectivity index (χ3v) is 4.11. The maximum atomic E-state index is 11.1. The number of nitrogens with one attached hydrogen (secondary N) is 1. The summed E-state index contributed by atoms with van der Waals surface area (Å²) in [5.74, 6) is 0.472. The van der Waals surface area contributed by atoms with Gasteiger partial charge in [0.1, 0.15) is 0 Å². The lowest BCUT2D eigenvalue weighted by atomic mass is 10.2. The van der Waals surface area contributed by atoms with Crippen molar-refractivity contribution in [2.75, 3.05) is 24.7 Å². The first-order valence-corrected chi connectivity index (χ1v) is 6.57. The van der Waals surface area contributed by atoms with Crippen molar-refractivity contribution in [3.8, 4) is 0 Å². The van der Waals surface area contributed by atoms with Crippen LogP contribution < -0.4 is 16.0 Å². The van der Waals surface area contributed by atoms with E-state index in [9.17, 15) is 4.79 Å². The number of benzene rings is 1. The van der Waals surface area contributed by atoms with Crippen molar-refractivity contribution in [3.63, 3.8) is 0 Å². The molecule has 1 fully saturated rings. The van der Waals surface area contributed by atoms with Crippen molar-refractivity contribution in [1.82, 2.24) is 5.32 Å². The highest BCUT2D eigenvalue weighted by Gasteiger charge is 2.28. The normalized spacial score (nSPS) is 22.3. The molecule has 1 aromatic carbocycles. The lowest BCUT2D eigenvalue weighted by Crippen LogP contribution is -2.38. The fourth-order valence-corrected chi connectivity index (χ4v) is 3.03. The van der Waals surface area contributed by atoms with Crippen molar-refractivity contribution in [2.45, 2.75) is 11.4 Å².